The smallest absolute Gasteiger partial charge is 0.230 e. The quantitative estimate of drug-likeness (QED) is 0.850. The van der Waals surface area contributed by atoms with Crippen LogP contribution in [0.4, 0.5) is 0 Å². The fourth-order valence-electron chi connectivity index (χ4n) is 2.95. The van der Waals surface area contributed by atoms with E-state index < -0.39 is 0 Å². The zero-order valence-corrected chi connectivity index (χ0v) is 13.3. The molecule has 0 amide bonds. The molecule has 22 heavy (non-hydrogen) atoms. The fourth-order valence-corrected chi connectivity index (χ4v) is 2.95. The molecule has 2 heterocycles. The number of hydrogen-bond acceptors (Lipinski definition) is 5. The van der Waals surface area contributed by atoms with Crippen molar-refractivity contribution in [2.24, 2.45) is 5.92 Å². The van der Waals surface area contributed by atoms with Gasteiger partial charge in [-0.05, 0) is 37.4 Å². The molecule has 0 aliphatic carbocycles. The van der Waals surface area contributed by atoms with Crippen molar-refractivity contribution in [2.45, 2.75) is 32.7 Å². The third kappa shape index (κ3) is 3.65. The van der Waals surface area contributed by atoms with Gasteiger partial charge in [0.2, 0.25) is 11.8 Å². The second kappa shape index (κ2) is 6.92. The highest BCUT2D eigenvalue weighted by molar-refractivity contribution is 5.34. The molecule has 1 aliphatic rings. The molecule has 0 bridgehead atoms. The van der Waals surface area contributed by atoms with Crippen molar-refractivity contribution in [3.63, 3.8) is 0 Å². The van der Waals surface area contributed by atoms with E-state index in [-0.39, 0.29) is 0 Å². The van der Waals surface area contributed by atoms with E-state index in [0.29, 0.717) is 24.2 Å². The van der Waals surface area contributed by atoms with Crippen molar-refractivity contribution in [1.82, 2.24) is 15.1 Å². The number of rotatable bonds is 5. The first-order chi connectivity index (χ1) is 10.7. The minimum Gasteiger partial charge on any atom is -0.493 e. The molecule has 1 aromatic carbocycles. The van der Waals surface area contributed by atoms with Crippen LogP contribution in [-0.4, -0.2) is 35.3 Å². The maximum atomic E-state index is 5.84. The van der Waals surface area contributed by atoms with E-state index in [1.54, 1.807) is 0 Å². The summed E-state index contributed by atoms with van der Waals surface area (Å²) in [5.74, 6) is 3.03. The lowest BCUT2D eigenvalue weighted by Crippen LogP contribution is -2.27. The molecule has 1 atom stereocenters. The molecule has 5 nitrogen and oxygen atoms in total. The van der Waals surface area contributed by atoms with E-state index in [2.05, 4.69) is 40.3 Å². The summed E-state index contributed by atoms with van der Waals surface area (Å²) in [6.45, 7) is 4.51. The van der Waals surface area contributed by atoms with Crippen LogP contribution in [0, 0.1) is 5.92 Å². The molecule has 3 rings (SSSR count). The molecule has 118 valence electrons. The summed E-state index contributed by atoms with van der Waals surface area (Å²) in [6, 6.07) is 8.34. The van der Waals surface area contributed by atoms with Crippen LogP contribution < -0.4 is 4.74 Å². The van der Waals surface area contributed by atoms with Crippen LogP contribution in [0.5, 0.6) is 5.75 Å². The number of hydrogen-bond donors (Lipinski definition) is 0. The second-order valence-corrected chi connectivity index (χ2v) is 5.95. The van der Waals surface area contributed by atoms with Crippen molar-refractivity contribution in [2.75, 3.05) is 20.2 Å². The van der Waals surface area contributed by atoms with Gasteiger partial charge < -0.3 is 9.15 Å². The van der Waals surface area contributed by atoms with E-state index in [9.17, 15) is 0 Å². The molecule has 0 saturated carbocycles. The van der Waals surface area contributed by atoms with Gasteiger partial charge in [-0.25, -0.2) is 0 Å². The molecule has 1 unspecified atom stereocenters. The number of ether oxygens (including phenoxy) is 1. The molecular formula is C17H23N3O2. The summed E-state index contributed by atoms with van der Waals surface area (Å²) in [7, 11) is 2.10. The zero-order valence-electron chi connectivity index (χ0n) is 13.3. The van der Waals surface area contributed by atoms with E-state index in [0.717, 1.165) is 38.2 Å². The molecule has 0 saturated heterocycles. The highest BCUT2D eigenvalue weighted by Gasteiger charge is 2.19. The van der Waals surface area contributed by atoms with Gasteiger partial charge in [-0.1, -0.05) is 25.1 Å². The molecule has 1 aliphatic heterocycles. The minimum atomic E-state index is 0.585. The average Bonchev–Trinajstić information content (AvgIpc) is 2.86. The van der Waals surface area contributed by atoms with Crippen LogP contribution in [0.3, 0.4) is 0 Å². The number of fused-ring (bicyclic) bond motifs is 1. The van der Waals surface area contributed by atoms with Gasteiger partial charge in [0.15, 0.2) is 0 Å². The Morgan fingerprint density at radius 3 is 2.86 bits per heavy atom. The van der Waals surface area contributed by atoms with Gasteiger partial charge in [0.05, 0.1) is 13.2 Å². The fraction of sp³-hybridized carbons (Fsp3) is 0.529. The Morgan fingerprint density at radius 2 is 2.05 bits per heavy atom. The standard InChI is InChI=1S/C17H23N3O2/c1-3-16-18-19-17(22-16)12-20(2)11-13-8-9-21-15-7-5-4-6-14(15)10-13/h4-7,13H,3,8-12H2,1-2H3. The van der Waals surface area contributed by atoms with Crippen molar-refractivity contribution < 1.29 is 9.15 Å². The van der Waals surface area contributed by atoms with Crippen LogP contribution in [-0.2, 0) is 19.4 Å². The highest BCUT2D eigenvalue weighted by Crippen LogP contribution is 2.27. The topological polar surface area (TPSA) is 51.4 Å². The van der Waals surface area contributed by atoms with Crippen molar-refractivity contribution in [3.05, 3.63) is 41.6 Å². The first-order valence-electron chi connectivity index (χ1n) is 7.95. The highest BCUT2D eigenvalue weighted by atomic mass is 16.5. The van der Waals surface area contributed by atoms with Gasteiger partial charge in [0, 0.05) is 13.0 Å². The maximum Gasteiger partial charge on any atom is 0.230 e. The van der Waals surface area contributed by atoms with Crippen LogP contribution >= 0.6 is 0 Å². The Morgan fingerprint density at radius 1 is 1.23 bits per heavy atom. The Hall–Kier alpha value is -1.88. The Bertz CT molecular complexity index is 611. The number of nitrogens with zero attached hydrogens (tertiary/aromatic N) is 3. The van der Waals surface area contributed by atoms with Gasteiger partial charge in [-0.15, -0.1) is 10.2 Å². The Balaban J connectivity index is 1.58. The van der Waals surface area contributed by atoms with E-state index in [1.165, 1.54) is 5.56 Å². The molecule has 5 heteroatoms. The number of para-hydroxylation sites is 1. The lowest BCUT2D eigenvalue weighted by atomic mass is 9.96. The summed E-state index contributed by atoms with van der Waals surface area (Å²) < 4.78 is 11.4. The van der Waals surface area contributed by atoms with Crippen molar-refractivity contribution in [1.29, 1.82) is 0 Å². The third-order valence-corrected chi connectivity index (χ3v) is 4.05. The third-order valence-electron chi connectivity index (χ3n) is 4.05. The molecule has 0 N–H and O–H groups in total. The summed E-state index contributed by atoms with van der Waals surface area (Å²) in [6.07, 6.45) is 2.92. The van der Waals surface area contributed by atoms with E-state index >= 15 is 0 Å². The first kappa shape index (κ1) is 15.0. The molecule has 0 fully saturated rings. The Labute approximate surface area is 131 Å². The largest absolute Gasteiger partial charge is 0.493 e. The lowest BCUT2D eigenvalue weighted by molar-refractivity contribution is 0.220. The molecule has 0 radical (unpaired) electrons. The predicted octanol–water partition coefficient (Wildman–Crippen LogP) is 2.71. The number of benzene rings is 1. The van der Waals surface area contributed by atoms with E-state index in [4.69, 9.17) is 9.15 Å². The predicted molar refractivity (Wildman–Crippen MR) is 83.8 cm³/mol. The monoisotopic (exact) mass is 301 g/mol. The Kier molecular flexibility index (Phi) is 4.73. The SMILES string of the molecule is CCc1nnc(CN(C)CC2CCOc3ccccc3C2)o1. The summed E-state index contributed by atoms with van der Waals surface area (Å²) in [5, 5.41) is 8.11. The normalized spacial score (nSPS) is 17.9. The van der Waals surface area contributed by atoms with Gasteiger partial charge in [0.1, 0.15) is 5.75 Å². The van der Waals surface area contributed by atoms with Crippen LogP contribution in [0.25, 0.3) is 0 Å². The van der Waals surface area contributed by atoms with Crippen LogP contribution in [0.1, 0.15) is 30.7 Å². The van der Waals surface area contributed by atoms with Gasteiger partial charge in [0.25, 0.3) is 0 Å². The molecule has 1 aromatic heterocycles. The zero-order chi connectivity index (χ0) is 15.4. The summed E-state index contributed by atoms with van der Waals surface area (Å²) in [4.78, 5) is 2.26. The average molecular weight is 301 g/mol. The maximum absolute atomic E-state index is 5.84. The molecule has 2 aromatic rings. The van der Waals surface area contributed by atoms with Gasteiger partial charge >= 0.3 is 0 Å². The van der Waals surface area contributed by atoms with Crippen molar-refractivity contribution >= 4 is 0 Å². The number of aryl methyl sites for hydroxylation is 1. The molecule has 0 spiro atoms. The second-order valence-electron chi connectivity index (χ2n) is 5.95. The lowest BCUT2D eigenvalue weighted by Gasteiger charge is -2.21. The van der Waals surface area contributed by atoms with Crippen LogP contribution in [0.15, 0.2) is 28.7 Å². The van der Waals surface area contributed by atoms with E-state index in [1.807, 2.05) is 13.0 Å². The summed E-state index contributed by atoms with van der Waals surface area (Å²) in [5.41, 5.74) is 1.31. The van der Waals surface area contributed by atoms with Gasteiger partial charge in [-0.2, -0.15) is 0 Å². The van der Waals surface area contributed by atoms with Crippen LogP contribution in [0.2, 0.25) is 0 Å². The summed E-state index contributed by atoms with van der Waals surface area (Å²) >= 11 is 0. The number of aromatic nitrogens is 2. The molecular weight excluding hydrogens is 278 g/mol. The van der Waals surface area contributed by atoms with Gasteiger partial charge in [-0.3, -0.25) is 4.90 Å². The first-order valence-corrected chi connectivity index (χ1v) is 7.95. The minimum absolute atomic E-state index is 0.585. The van der Waals surface area contributed by atoms with Crippen molar-refractivity contribution in [3.8, 4) is 5.75 Å².